The average Bonchev–Trinajstić information content (AvgIpc) is 2.39. The van der Waals surface area contributed by atoms with Gasteiger partial charge in [-0.05, 0) is 25.1 Å². The normalized spacial score (nSPS) is 19.1. The number of halogens is 1. The van der Waals surface area contributed by atoms with Crippen LogP contribution in [-0.2, 0) is 14.4 Å². The predicted octanol–water partition coefficient (Wildman–Crippen LogP) is 1.77. The quantitative estimate of drug-likeness (QED) is 0.864. The summed E-state index contributed by atoms with van der Waals surface area (Å²) in [6, 6.07) is 6.67. The monoisotopic (exact) mass is 312 g/mol. The van der Waals surface area contributed by atoms with Crippen molar-refractivity contribution >= 4 is 46.8 Å². The molecule has 0 aromatic heterocycles. The minimum absolute atomic E-state index is 0.220. The van der Waals surface area contributed by atoms with E-state index in [0.717, 1.165) is 4.90 Å². The Bertz CT molecular complexity index is 564. The van der Waals surface area contributed by atoms with Crippen LogP contribution in [0.5, 0.6) is 0 Å². The number of benzene rings is 1. The molecular weight excluding hydrogens is 300 g/mol. The van der Waals surface area contributed by atoms with E-state index in [0.29, 0.717) is 10.7 Å². The van der Waals surface area contributed by atoms with Gasteiger partial charge in [-0.15, -0.1) is 11.8 Å². The molecule has 7 heteroatoms. The molecule has 1 saturated heterocycles. The minimum atomic E-state index is -0.423. The van der Waals surface area contributed by atoms with E-state index < -0.39 is 5.91 Å². The molecule has 5 nitrogen and oxygen atoms in total. The van der Waals surface area contributed by atoms with Crippen LogP contribution in [0, 0.1) is 0 Å². The molecule has 0 bridgehead atoms. The lowest BCUT2D eigenvalue weighted by Crippen LogP contribution is -2.49. The Labute approximate surface area is 125 Å². The van der Waals surface area contributed by atoms with Crippen molar-refractivity contribution in [3.8, 4) is 0 Å². The molecule has 1 N–H and O–H groups in total. The van der Waals surface area contributed by atoms with E-state index in [-0.39, 0.29) is 29.4 Å². The van der Waals surface area contributed by atoms with E-state index in [2.05, 4.69) is 5.32 Å². The Balaban J connectivity index is 2.00. The number of nitrogens with one attached hydrogen (secondary N) is 1. The highest BCUT2D eigenvalue weighted by Gasteiger charge is 2.33. The molecule has 2 rings (SSSR count). The highest BCUT2D eigenvalue weighted by molar-refractivity contribution is 8.01. The van der Waals surface area contributed by atoms with E-state index >= 15 is 0 Å². The van der Waals surface area contributed by atoms with Gasteiger partial charge in [0.1, 0.15) is 6.54 Å². The summed E-state index contributed by atoms with van der Waals surface area (Å²) >= 11 is 7.09. The zero-order chi connectivity index (χ0) is 14.7. The van der Waals surface area contributed by atoms with Gasteiger partial charge < -0.3 is 5.32 Å². The van der Waals surface area contributed by atoms with Gasteiger partial charge in [-0.25, -0.2) is 0 Å². The van der Waals surface area contributed by atoms with Crippen LogP contribution in [0.25, 0.3) is 0 Å². The SMILES string of the molecule is CC1SCC(=O)N(CC(=O)Nc2cccc(Cl)c2)C1=O. The molecule has 1 unspecified atom stereocenters. The second-order valence-electron chi connectivity index (χ2n) is 4.33. The maximum Gasteiger partial charge on any atom is 0.244 e. The molecule has 1 aromatic rings. The van der Waals surface area contributed by atoms with Gasteiger partial charge in [0.05, 0.1) is 11.0 Å². The number of hydrogen-bond acceptors (Lipinski definition) is 4. The van der Waals surface area contributed by atoms with Crippen molar-refractivity contribution in [3.63, 3.8) is 0 Å². The smallest absolute Gasteiger partial charge is 0.244 e. The van der Waals surface area contributed by atoms with E-state index in [9.17, 15) is 14.4 Å². The highest BCUT2D eigenvalue weighted by Crippen LogP contribution is 2.20. The molecule has 106 valence electrons. The summed E-state index contributed by atoms with van der Waals surface area (Å²) in [6.07, 6.45) is 0. The predicted molar refractivity (Wildman–Crippen MR) is 78.7 cm³/mol. The maximum absolute atomic E-state index is 11.9. The molecule has 1 atom stereocenters. The van der Waals surface area contributed by atoms with Crippen molar-refractivity contribution in [1.82, 2.24) is 4.90 Å². The van der Waals surface area contributed by atoms with E-state index in [4.69, 9.17) is 11.6 Å². The van der Waals surface area contributed by atoms with Gasteiger partial charge in [0.2, 0.25) is 17.7 Å². The van der Waals surface area contributed by atoms with Crippen molar-refractivity contribution < 1.29 is 14.4 Å². The number of carbonyl (C=O) groups excluding carboxylic acids is 3. The minimum Gasteiger partial charge on any atom is -0.324 e. The van der Waals surface area contributed by atoms with Gasteiger partial charge >= 0.3 is 0 Å². The van der Waals surface area contributed by atoms with E-state index in [1.54, 1.807) is 31.2 Å². The van der Waals surface area contributed by atoms with Crippen molar-refractivity contribution in [2.45, 2.75) is 12.2 Å². The van der Waals surface area contributed by atoms with Crippen molar-refractivity contribution in [1.29, 1.82) is 0 Å². The highest BCUT2D eigenvalue weighted by atomic mass is 35.5. The number of rotatable bonds is 3. The lowest BCUT2D eigenvalue weighted by Gasteiger charge is -2.27. The van der Waals surface area contributed by atoms with Crippen molar-refractivity contribution in [2.24, 2.45) is 0 Å². The first kappa shape index (κ1) is 14.9. The van der Waals surface area contributed by atoms with Crippen LogP contribution in [0.4, 0.5) is 5.69 Å². The first-order valence-corrected chi connectivity index (χ1v) is 7.41. The van der Waals surface area contributed by atoms with Crippen molar-refractivity contribution in [3.05, 3.63) is 29.3 Å². The summed E-state index contributed by atoms with van der Waals surface area (Å²) in [4.78, 5) is 36.4. The van der Waals surface area contributed by atoms with E-state index in [1.807, 2.05) is 0 Å². The van der Waals surface area contributed by atoms with Gasteiger partial charge in [0.25, 0.3) is 0 Å². The molecule has 0 radical (unpaired) electrons. The summed E-state index contributed by atoms with van der Waals surface area (Å²) in [5, 5.41) is 2.81. The number of anilines is 1. The molecule has 3 amide bonds. The lowest BCUT2D eigenvalue weighted by atomic mass is 10.3. The zero-order valence-corrected chi connectivity index (χ0v) is 12.3. The second-order valence-corrected chi connectivity index (χ2v) is 6.10. The molecule has 1 aromatic carbocycles. The van der Waals surface area contributed by atoms with Crippen LogP contribution in [0.3, 0.4) is 0 Å². The number of carbonyl (C=O) groups is 3. The second kappa shape index (κ2) is 6.28. The fraction of sp³-hybridized carbons (Fsp3) is 0.308. The fourth-order valence-electron chi connectivity index (χ4n) is 1.76. The van der Waals surface area contributed by atoms with Crippen LogP contribution in [-0.4, -0.2) is 40.2 Å². The number of imide groups is 1. The molecular formula is C13H13ClN2O3S. The summed E-state index contributed by atoms with van der Waals surface area (Å²) in [7, 11) is 0. The number of hydrogen-bond donors (Lipinski definition) is 1. The van der Waals surface area contributed by atoms with Gasteiger partial charge in [-0.3, -0.25) is 19.3 Å². The average molecular weight is 313 g/mol. The van der Waals surface area contributed by atoms with Gasteiger partial charge in [-0.2, -0.15) is 0 Å². The standard InChI is InChI=1S/C13H13ClN2O3S/c1-8-13(19)16(12(18)7-20-8)6-11(17)15-10-4-2-3-9(14)5-10/h2-5,8H,6-7H2,1H3,(H,15,17). The lowest BCUT2D eigenvalue weighted by molar-refractivity contribution is -0.145. The number of nitrogens with zero attached hydrogens (tertiary/aromatic N) is 1. The fourth-order valence-corrected chi connectivity index (χ4v) is 2.77. The molecule has 0 saturated carbocycles. The van der Waals surface area contributed by atoms with Crippen LogP contribution in [0.15, 0.2) is 24.3 Å². The third-order valence-corrected chi connectivity index (χ3v) is 4.13. The third kappa shape index (κ3) is 3.52. The van der Waals surface area contributed by atoms with Crippen LogP contribution in [0.2, 0.25) is 5.02 Å². The number of thioether (sulfide) groups is 1. The Morgan fingerprint density at radius 2 is 2.25 bits per heavy atom. The van der Waals surface area contributed by atoms with E-state index in [1.165, 1.54) is 11.8 Å². The zero-order valence-electron chi connectivity index (χ0n) is 10.8. The van der Waals surface area contributed by atoms with Crippen molar-refractivity contribution in [2.75, 3.05) is 17.6 Å². The molecule has 1 aliphatic heterocycles. The Morgan fingerprint density at radius 3 is 2.95 bits per heavy atom. The van der Waals surface area contributed by atoms with Crippen LogP contribution < -0.4 is 5.32 Å². The molecule has 1 heterocycles. The Kier molecular flexibility index (Phi) is 4.67. The van der Waals surface area contributed by atoms with Gasteiger partial charge in [0, 0.05) is 10.7 Å². The third-order valence-electron chi connectivity index (χ3n) is 2.78. The van der Waals surface area contributed by atoms with Gasteiger partial charge in [-0.1, -0.05) is 17.7 Å². The summed E-state index contributed by atoms with van der Waals surface area (Å²) in [6.45, 7) is 1.45. The number of amides is 3. The molecule has 1 fully saturated rings. The summed E-state index contributed by atoms with van der Waals surface area (Å²) in [5.74, 6) is -0.864. The molecule has 0 aliphatic carbocycles. The van der Waals surface area contributed by atoms with Crippen LogP contribution >= 0.6 is 23.4 Å². The largest absolute Gasteiger partial charge is 0.324 e. The molecule has 20 heavy (non-hydrogen) atoms. The summed E-state index contributed by atoms with van der Waals surface area (Å²) in [5.41, 5.74) is 0.529. The Morgan fingerprint density at radius 1 is 1.50 bits per heavy atom. The first-order chi connectivity index (χ1) is 9.47. The first-order valence-electron chi connectivity index (χ1n) is 5.98. The molecule has 1 aliphatic rings. The van der Waals surface area contributed by atoms with Gasteiger partial charge in [0.15, 0.2) is 0 Å². The van der Waals surface area contributed by atoms with Crippen LogP contribution in [0.1, 0.15) is 6.92 Å². The Hall–Kier alpha value is -1.53. The topological polar surface area (TPSA) is 66.5 Å². The maximum atomic E-state index is 11.9. The molecule has 0 spiro atoms. The summed E-state index contributed by atoms with van der Waals surface area (Å²) < 4.78 is 0.